The lowest BCUT2D eigenvalue weighted by Gasteiger charge is -2.09. The summed E-state index contributed by atoms with van der Waals surface area (Å²) in [5.41, 5.74) is 0.541. The Hall–Kier alpha value is -1.52. The maximum Gasteiger partial charge on any atom is 0.244 e. The van der Waals surface area contributed by atoms with Gasteiger partial charge in [0.05, 0.1) is 10.4 Å². The molecule has 1 unspecified atom stereocenters. The van der Waals surface area contributed by atoms with Crippen LogP contribution in [0, 0.1) is 5.82 Å². The van der Waals surface area contributed by atoms with Crippen LogP contribution < -0.4 is 4.72 Å². The van der Waals surface area contributed by atoms with Crippen LogP contribution in [0.15, 0.2) is 39.8 Å². The van der Waals surface area contributed by atoms with Crippen molar-refractivity contribution in [1.29, 1.82) is 0 Å². The normalized spacial score (nSPS) is 13.1. The first-order valence-electron chi connectivity index (χ1n) is 6.83. The highest BCUT2D eigenvalue weighted by Crippen LogP contribution is 2.34. The maximum atomic E-state index is 13.0. The number of aromatic nitrogens is 2. The van der Waals surface area contributed by atoms with E-state index in [2.05, 4.69) is 14.9 Å². The van der Waals surface area contributed by atoms with Gasteiger partial charge in [-0.2, -0.15) is 9.71 Å². The number of sulfonamides is 1. The molecule has 1 N–H and O–H groups in total. The Morgan fingerprint density at radius 3 is 2.56 bits per heavy atom. The van der Waals surface area contributed by atoms with E-state index in [4.69, 9.17) is 27.7 Å². The molecular formula is C14H10Cl2FN3O3S2. The zero-order chi connectivity index (χ0) is 18.2. The molecule has 6 nitrogen and oxygen atoms in total. The Morgan fingerprint density at radius 2 is 1.96 bits per heavy atom. The zero-order valence-corrected chi connectivity index (χ0v) is 15.7. The van der Waals surface area contributed by atoms with Crippen LogP contribution in [0.4, 0.5) is 4.39 Å². The van der Waals surface area contributed by atoms with Crippen molar-refractivity contribution in [2.45, 2.75) is 17.9 Å². The topological polar surface area (TPSA) is 85.1 Å². The van der Waals surface area contributed by atoms with Gasteiger partial charge >= 0.3 is 0 Å². The van der Waals surface area contributed by atoms with Crippen LogP contribution in [0.3, 0.4) is 0 Å². The lowest BCUT2D eigenvalue weighted by Crippen LogP contribution is -2.27. The van der Waals surface area contributed by atoms with Crippen molar-refractivity contribution in [2.75, 3.05) is 0 Å². The number of halogens is 3. The predicted octanol–water partition coefficient (Wildman–Crippen LogP) is 4.28. The SMILES string of the molecule is CC(NS(=O)(=O)c1cc(Cl)sc1Cl)c1nc(-c2ccc(F)cc2)no1. The molecule has 1 aromatic carbocycles. The second kappa shape index (κ2) is 7.00. The van der Waals surface area contributed by atoms with Gasteiger partial charge in [0.25, 0.3) is 0 Å². The molecule has 0 radical (unpaired) electrons. The molecule has 0 fully saturated rings. The number of nitrogens with one attached hydrogen (secondary N) is 1. The first-order chi connectivity index (χ1) is 11.8. The van der Waals surface area contributed by atoms with E-state index in [-0.39, 0.29) is 31.1 Å². The Balaban J connectivity index is 1.81. The molecule has 0 aliphatic carbocycles. The number of hydrogen-bond acceptors (Lipinski definition) is 6. The van der Waals surface area contributed by atoms with Crippen molar-refractivity contribution < 1.29 is 17.3 Å². The Morgan fingerprint density at radius 1 is 1.28 bits per heavy atom. The molecule has 0 bridgehead atoms. The van der Waals surface area contributed by atoms with Gasteiger partial charge in [-0.15, -0.1) is 11.3 Å². The van der Waals surface area contributed by atoms with Gasteiger partial charge in [-0.05, 0) is 37.3 Å². The molecular weight excluding hydrogens is 412 g/mol. The van der Waals surface area contributed by atoms with Crippen LogP contribution in [0.2, 0.25) is 8.67 Å². The van der Waals surface area contributed by atoms with E-state index in [0.29, 0.717) is 5.56 Å². The van der Waals surface area contributed by atoms with E-state index in [1.807, 2.05) is 0 Å². The molecule has 132 valence electrons. The molecule has 0 aliphatic heterocycles. The van der Waals surface area contributed by atoms with Gasteiger partial charge in [-0.1, -0.05) is 28.4 Å². The molecule has 3 rings (SSSR count). The van der Waals surface area contributed by atoms with E-state index in [9.17, 15) is 12.8 Å². The highest BCUT2D eigenvalue weighted by molar-refractivity contribution is 7.89. The summed E-state index contributed by atoms with van der Waals surface area (Å²) in [6.45, 7) is 1.54. The van der Waals surface area contributed by atoms with Gasteiger partial charge < -0.3 is 4.52 Å². The van der Waals surface area contributed by atoms with Crippen LogP contribution in [-0.4, -0.2) is 18.6 Å². The first kappa shape index (κ1) is 18.3. The summed E-state index contributed by atoms with van der Waals surface area (Å²) in [6, 6.07) is 5.97. The Bertz CT molecular complexity index is 1000. The number of hydrogen-bond donors (Lipinski definition) is 1. The van der Waals surface area contributed by atoms with Crippen LogP contribution in [0.5, 0.6) is 0 Å². The van der Waals surface area contributed by atoms with E-state index < -0.39 is 16.1 Å². The van der Waals surface area contributed by atoms with E-state index in [1.165, 1.54) is 30.3 Å². The molecule has 0 amide bonds. The molecule has 11 heteroatoms. The van der Waals surface area contributed by atoms with Crippen LogP contribution in [-0.2, 0) is 10.0 Å². The minimum absolute atomic E-state index is 0.0559. The van der Waals surface area contributed by atoms with Crippen molar-refractivity contribution in [1.82, 2.24) is 14.9 Å². The number of rotatable bonds is 5. The van der Waals surface area contributed by atoms with Gasteiger partial charge in [0, 0.05) is 5.56 Å². The van der Waals surface area contributed by atoms with Crippen molar-refractivity contribution in [3.8, 4) is 11.4 Å². The van der Waals surface area contributed by atoms with Crippen LogP contribution >= 0.6 is 34.5 Å². The maximum absolute atomic E-state index is 13.0. The molecule has 0 saturated heterocycles. The molecule has 0 saturated carbocycles. The molecule has 1 atom stereocenters. The van der Waals surface area contributed by atoms with Gasteiger partial charge in [0.2, 0.25) is 21.7 Å². The summed E-state index contributed by atoms with van der Waals surface area (Å²) in [5, 5.41) is 3.77. The van der Waals surface area contributed by atoms with E-state index in [1.54, 1.807) is 6.92 Å². The largest absolute Gasteiger partial charge is 0.337 e. The first-order valence-corrected chi connectivity index (χ1v) is 9.88. The monoisotopic (exact) mass is 421 g/mol. The van der Waals surface area contributed by atoms with E-state index in [0.717, 1.165) is 11.3 Å². The highest BCUT2D eigenvalue weighted by Gasteiger charge is 2.26. The lowest BCUT2D eigenvalue weighted by atomic mass is 10.2. The number of benzene rings is 1. The Kier molecular flexibility index (Phi) is 5.12. The fourth-order valence-electron chi connectivity index (χ4n) is 1.98. The van der Waals surface area contributed by atoms with Gasteiger partial charge in [0.15, 0.2) is 0 Å². The molecule has 25 heavy (non-hydrogen) atoms. The molecule has 0 spiro atoms. The predicted molar refractivity (Wildman–Crippen MR) is 92.8 cm³/mol. The standard InChI is InChI=1S/C14H10Cl2FN3O3S2/c1-7(20-25(21,22)10-6-11(15)24-12(10)16)14-18-13(19-23-14)8-2-4-9(17)5-3-8/h2-7,20H,1H3. The average molecular weight is 422 g/mol. The minimum Gasteiger partial charge on any atom is -0.337 e. The second-order valence-electron chi connectivity index (χ2n) is 4.99. The summed E-state index contributed by atoms with van der Waals surface area (Å²) in [4.78, 5) is 4.02. The van der Waals surface area contributed by atoms with Gasteiger partial charge in [-0.25, -0.2) is 12.8 Å². The third-order valence-electron chi connectivity index (χ3n) is 3.16. The zero-order valence-electron chi connectivity index (χ0n) is 12.5. The summed E-state index contributed by atoms with van der Waals surface area (Å²) in [5.74, 6) is -0.113. The molecule has 0 aliphatic rings. The van der Waals surface area contributed by atoms with Gasteiger partial charge in [0.1, 0.15) is 15.0 Å². The second-order valence-corrected chi connectivity index (χ2v) is 8.96. The smallest absolute Gasteiger partial charge is 0.244 e. The third kappa shape index (κ3) is 4.01. The lowest BCUT2D eigenvalue weighted by molar-refractivity contribution is 0.354. The molecule has 3 aromatic rings. The fraction of sp³-hybridized carbons (Fsp3) is 0.143. The van der Waals surface area contributed by atoms with Crippen LogP contribution in [0.25, 0.3) is 11.4 Å². The average Bonchev–Trinajstić information content (AvgIpc) is 3.14. The molecule has 2 heterocycles. The number of nitrogens with zero attached hydrogens (tertiary/aromatic N) is 2. The Labute approximate surface area is 156 Å². The highest BCUT2D eigenvalue weighted by atomic mass is 35.5. The van der Waals surface area contributed by atoms with Crippen molar-refractivity contribution in [3.63, 3.8) is 0 Å². The summed E-state index contributed by atoms with van der Waals surface area (Å²) < 4.78 is 45.5. The van der Waals surface area contributed by atoms with Crippen molar-refractivity contribution in [3.05, 3.63) is 50.7 Å². The van der Waals surface area contributed by atoms with Crippen LogP contribution in [0.1, 0.15) is 18.9 Å². The van der Waals surface area contributed by atoms with Crippen molar-refractivity contribution in [2.24, 2.45) is 0 Å². The number of thiophene rings is 1. The quantitative estimate of drug-likeness (QED) is 0.663. The fourth-order valence-corrected chi connectivity index (χ4v) is 5.33. The van der Waals surface area contributed by atoms with Gasteiger partial charge in [-0.3, -0.25) is 0 Å². The third-order valence-corrected chi connectivity index (χ3v) is 6.46. The minimum atomic E-state index is -3.91. The molecule has 2 aromatic heterocycles. The summed E-state index contributed by atoms with van der Waals surface area (Å²) in [7, 11) is -3.91. The summed E-state index contributed by atoms with van der Waals surface area (Å²) >= 11 is 12.6. The summed E-state index contributed by atoms with van der Waals surface area (Å²) in [6.07, 6.45) is 0. The van der Waals surface area contributed by atoms with E-state index >= 15 is 0 Å². The van der Waals surface area contributed by atoms with Crippen molar-refractivity contribution >= 4 is 44.6 Å².